The van der Waals surface area contributed by atoms with Crippen molar-refractivity contribution in [3.63, 3.8) is 0 Å². The molecule has 0 radical (unpaired) electrons. The molecule has 1 aromatic heterocycles. The van der Waals surface area contributed by atoms with Crippen LogP contribution in [0.3, 0.4) is 0 Å². The molecule has 4 N–H and O–H groups in total. The van der Waals surface area contributed by atoms with Crippen molar-refractivity contribution < 1.29 is 44.3 Å². The molecule has 0 spiro atoms. The number of carboxylic acid groups (broad SMARTS) is 2. The number of nitrogens with zero attached hydrogens (tertiary/aromatic N) is 3. The maximum absolute atomic E-state index is 12.9. The monoisotopic (exact) mass is 577 g/mol. The summed E-state index contributed by atoms with van der Waals surface area (Å²) >= 11 is 1.61. The number of likely N-dealkylation sites (tertiary alicyclic amines) is 1. The third-order valence-electron chi connectivity index (χ3n) is 7.48. The lowest BCUT2D eigenvalue weighted by atomic mass is 9.90. The van der Waals surface area contributed by atoms with Crippen molar-refractivity contribution in [1.29, 1.82) is 0 Å². The molecule has 2 fully saturated rings. The van der Waals surface area contributed by atoms with E-state index in [0.29, 0.717) is 18.7 Å². The summed E-state index contributed by atoms with van der Waals surface area (Å²) in [5.74, 6) is -2.72. The van der Waals surface area contributed by atoms with Crippen LogP contribution in [0.1, 0.15) is 53.0 Å². The molecule has 12 nitrogen and oxygen atoms in total. The highest BCUT2D eigenvalue weighted by Gasteiger charge is 2.31. The van der Waals surface area contributed by atoms with E-state index in [4.69, 9.17) is 34.9 Å². The van der Waals surface area contributed by atoms with E-state index in [1.165, 1.54) is 19.3 Å². The lowest BCUT2D eigenvalue weighted by Gasteiger charge is -2.41. The van der Waals surface area contributed by atoms with Gasteiger partial charge in [0.05, 0.1) is 24.2 Å². The number of carbonyl (C=O) groups is 3. The summed E-state index contributed by atoms with van der Waals surface area (Å²) < 4.78 is 11.4. The van der Waals surface area contributed by atoms with Crippen LogP contribution in [0.25, 0.3) is 0 Å². The molecule has 2 atom stereocenters. The molecule has 1 saturated carbocycles. The van der Waals surface area contributed by atoms with Gasteiger partial charge in [0.1, 0.15) is 11.9 Å². The highest BCUT2D eigenvalue weighted by molar-refractivity contribution is 7.13. The fourth-order valence-electron chi connectivity index (χ4n) is 4.84. The van der Waals surface area contributed by atoms with Gasteiger partial charge < -0.3 is 39.7 Å². The number of aromatic nitrogens is 1. The van der Waals surface area contributed by atoms with Crippen molar-refractivity contribution >= 4 is 29.2 Å². The summed E-state index contributed by atoms with van der Waals surface area (Å²) in [4.78, 5) is 42.9. The van der Waals surface area contributed by atoms with Gasteiger partial charge >= 0.3 is 11.9 Å². The van der Waals surface area contributed by atoms with Gasteiger partial charge in [-0.05, 0) is 49.9 Å². The number of piperidine rings is 1. The molecule has 40 heavy (non-hydrogen) atoms. The van der Waals surface area contributed by atoms with E-state index in [1.54, 1.807) is 18.4 Å². The summed E-state index contributed by atoms with van der Waals surface area (Å²) in [7, 11) is 1.63. The van der Waals surface area contributed by atoms with Crippen molar-refractivity contribution in [3.8, 4) is 10.9 Å². The number of carboxylic acids is 2. The number of hydrogen-bond acceptors (Lipinski definition) is 10. The fraction of sp³-hybridized carbons (Fsp3) is 0.556. The molecule has 2 unspecified atom stereocenters. The van der Waals surface area contributed by atoms with Crippen LogP contribution in [0, 0.1) is 0 Å². The molecule has 1 saturated heterocycles. The molecule has 5 rings (SSSR count). The van der Waals surface area contributed by atoms with Gasteiger partial charge in [0, 0.05) is 37.7 Å². The average molecular weight is 578 g/mol. The Kier molecular flexibility index (Phi) is 9.95. The number of aliphatic hydroxyl groups excluding tert-OH is 2. The minimum atomic E-state index is -2.27. The second kappa shape index (κ2) is 13.4. The van der Waals surface area contributed by atoms with E-state index >= 15 is 0 Å². The Balaban J connectivity index is 0.000000318. The smallest absolute Gasteiger partial charge is 0.335 e. The molecule has 1 amide bonds. The zero-order valence-electron chi connectivity index (χ0n) is 22.3. The van der Waals surface area contributed by atoms with E-state index in [1.807, 2.05) is 29.2 Å². The summed E-state index contributed by atoms with van der Waals surface area (Å²) in [5.41, 5.74) is 1.79. The average Bonchev–Trinajstić information content (AvgIpc) is 3.33. The third kappa shape index (κ3) is 7.27. The SMILES string of the molecule is COc1ccc(C(=O)N2CCc3nc(OC4CCN(C5CCC5)CC4)sc3C2)cc1.O=C(O)C(O)C(O)C(=O)O. The first-order valence-electron chi connectivity index (χ1n) is 13.3. The number of aliphatic carboxylic acids is 2. The Hall–Kier alpha value is -3.26. The predicted octanol–water partition coefficient (Wildman–Crippen LogP) is 1.62. The molecule has 1 aromatic carbocycles. The molecule has 0 bridgehead atoms. The van der Waals surface area contributed by atoms with E-state index in [9.17, 15) is 14.4 Å². The van der Waals surface area contributed by atoms with Gasteiger partial charge in [-0.2, -0.15) is 0 Å². The molecular weight excluding hydrogens is 542 g/mol. The van der Waals surface area contributed by atoms with Gasteiger partial charge in [0.15, 0.2) is 12.2 Å². The summed E-state index contributed by atoms with van der Waals surface area (Å²) in [5, 5.41) is 33.3. The van der Waals surface area contributed by atoms with Gasteiger partial charge in [0.25, 0.3) is 11.1 Å². The number of amides is 1. The second-order valence-corrected chi connectivity index (χ2v) is 11.1. The van der Waals surface area contributed by atoms with Crippen LogP contribution in [0.5, 0.6) is 10.9 Å². The highest BCUT2D eigenvalue weighted by atomic mass is 32.1. The number of carbonyl (C=O) groups excluding carboxylic acids is 1. The predicted molar refractivity (Wildman–Crippen MR) is 144 cm³/mol. The van der Waals surface area contributed by atoms with Crippen molar-refractivity contribution in [2.24, 2.45) is 0 Å². The second-order valence-electron chi connectivity index (χ2n) is 10.1. The zero-order valence-corrected chi connectivity index (χ0v) is 23.1. The Morgan fingerprint density at radius 1 is 0.975 bits per heavy atom. The molecular formula is C27H35N3O9S. The van der Waals surface area contributed by atoms with Gasteiger partial charge in [-0.3, -0.25) is 4.79 Å². The normalized spacial score (nSPS) is 19.3. The molecule has 13 heteroatoms. The molecule has 2 aliphatic heterocycles. The Bertz CT molecular complexity index is 1160. The van der Waals surface area contributed by atoms with E-state index in [2.05, 4.69) is 4.90 Å². The van der Waals surface area contributed by atoms with Crippen LogP contribution < -0.4 is 9.47 Å². The number of methoxy groups -OCH3 is 1. The van der Waals surface area contributed by atoms with Gasteiger partial charge in [0.2, 0.25) is 0 Å². The number of rotatable bonds is 8. The molecule has 3 heterocycles. The lowest BCUT2D eigenvalue weighted by Crippen LogP contribution is -2.46. The third-order valence-corrected chi connectivity index (χ3v) is 8.45. The van der Waals surface area contributed by atoms with Gasteiger partial charge in [-0.25, -0.2) is 14.6 Å². The minimum absolute atomic E-state index is 0.0579. The van der Waals surface area contributed by atoms with Crippen LogP contribution in [0.15, 0.2) is 24.3 Å². The maximum atomic E-state index is 12.9. The standard InChI is InChI=1S/C23H29N3O3S.C4H6O6/c1-28-18-7-5-16(6-8-18)22(27)26-14-11-20-21(15-26)30-23(24-20)29-19-9-12-25(13-10-19)17-3-2-4-17;5-1(3(7)8)2(6)4(9)10/h5-8,17,19H,2-4,9-15H2,1H3;1-2,5-6H,(H,7,8)(H,9,10). The van der Waals surface area contributed by atoms with Crippen molar-refractivity contribution in [2.45, 2.75) is 69.4 Å². The van der Waals surface area contributed by atoms with E-state index in [0.717, 1.165) is 59.9 Å². The number of fused-ring (bicyclic) bond motifs is 1. The van der Waals surface area contributed by atoms with Gasteiger partial charge in [-0.1, -0.05) is 17.8 Å². The van der Waals surface area contributed by atoms with Crippen LogP contribution in [0.2, 0.25) is 0 Å². The van der Waals surface area contributed by atoms with E-state index < -0.39 is 24.1 Å². The highest BCUT2D eigenvalue weighted by Crippen LogP contribution is 2.33. The molecule has 3 aliphatic rings. The van der Waals surface area contributed by atoms with Crippen molar-refractivity contribution in [1.82, 2.24) is 14.8 Å². The quantitative estimate of drug-likeness (QED) is 0.360. The first-order valence-corrected chi connectivity index (χ1v) is 14.1. The summed E-state index contributed by atoms with van der Waals surface area (Å²) in [6.07, 6.45) is 2.83. The van der Waals surface area contributed by atoms with Crippen LogP contribution in [-0.2, 0) is 22.6 Å². The Labute approximate surface area is 235 Å². The Morgan fingerprint density at radius 3 is 2.12 bits per heavy atom. The van der Waals surface area contributed by atoms with E-state index in [-0.39, 0.29) is 12.0 Å². The summed E-state index contributed by atoms with van der Waals surface area (Å²) in [6.45, 7) is 3.59. The lowest BCUT2D eigenvalue weighted by molar-refractivity contribution is -0.165. The number of aliphatic hydroxyl groups is 2. The number of hydrogen-bond donors (Lipinski definition) is 4. The van der Waals surface area contributed by atoms with Crippen molar-refractivity contribution in [2.75, 3.05) is 26.7 Å². The zero-order chi connectivity index (χ0) is 28.8. The Morgan fingerprint density at radius 2 is 1.60 bits per heavy atom. The minimum Gasteiger partial charge on any atom is -0.497 e. The maximum Gasteiger partial charge on any atom is 0.335 e. The van der Waals surface area contributed by atoms with Crippen molar-refractivity contribution in [3.05, 3.63) is 40.4 Å². The summed E-state index contributed by atoms with van der Waals surface area (Å²) in [6, 6.07) is 8.14. The molecule has 1 aliphatic carbocycles. The first-order chi connectivity index (χ1) is 19.2. The van der Waals surface area contributed by atoms with Crippen LogP contribution in [0.4, 0.5) is 0 Å². The van der Waals surface area contributed by atoms with Crippen LogP contribution in [-0.4, -0.2) is 104 Å². The van der Waals surface area contributed by atoms with Gasteiger partial charge in [-0.15, -0.1) is 0 Å². The number of ether oxygens (including phenoxy) is 2. The molecule has 2 aromatic rings. The topological polar surface area (TPSA) is 170 Å². The largest absolute Gasteiger partial charge is 0.497 e. The first kappa shape index (κ1) is 29.7. The molecule has 218 valence electrons. The number of benzene rings is 1. The van der Waals surface area contributed by atoms with Crippen LogP contribution >= 0.6 is 11.3 Å². The number of thiazole rings is 1. The fourth-order valence-corrected chi connectivity index (χ4v) is 5.87.